The molecule has 0 radical (unpaired) electrons. The summed E-state index contributed by atoms with van der Waals surface area (Å²) in [4.78, 5) is 8.11. The number of aromatic nitrogens is 3. The summed E-state index contributed by atoms with van der Waals surface area (Å²) < 4.78 is 4.62. The van der Waals surface area contributed by atoms with E-state index in [-0.39, 0.29) is 0 Å². The van der Waals surface area contributed by atoms with Crippen molar-refractivity contribution in [2.75, 3.05) is 0 Å². The van der Waals surface area contributed by atoms with Crippen LogP contribution < -0.4 is 5.32 Å². The van der Waals surface area contributed by atoms with Gasteiger partial charge in [0.05, 0.1) is 6.54 Å². The van der Waals surface area contributed by atoms with Crippen molar-refractivity contribution in [1.29, 1.82) is 0 Å². The van der Waals surface area contributed by atoms with Gasteiger partial charge in [0.1, 0.15) is 0 Å². The average molecular weight is 204 g/mol. The Morgan fingerprint density at radius 2 is 2.20 bits per heavy atom. The van der Waals surface area contributed by atoms with Gasteiger partial charge in [-0.2, -0.15) is 4.98 Å². The fraction of sp³-hybridized carbons (Fsp3) is 0.300. The van der Waals surface area contributed by atoms with Crippen molar-refractivity contribution >= 4 is 0 Å². The second-order valence-corrected chi connectivity index (χ2v) is 3.26. The van der Waals surface area contributed by atoms with Crippen LogP contribution in [-0.2, 0) is 13.1 Å². The summed E-state index contributed by atoms with van der Waals surface area (Å²) in [6.07, 6.45) is 3.18. The number of rotatable bonds is 4. The molecule has 0 aliphatic heterocycles. The molecule has 78 valence electrons. The summed E-state index contributed by atoms with van der Waals surface area (Å²) in [7, 11) is 0. The normalized spacial score (nSPS) is 10.5. The molecule has 0 amide bonds. The van der Waals surface area contributed by atoms with E-state index in [1.54, 1.807) is 0 Å². The minimum absolute atomic E-state index is 0.602. The second-order valence-electron chi connectivity index (χ2n) is 3.26. The van der Waals surface area contributed by atoms with Crippen LogP contribution in [-0.4, -0.2) is 15.1 Å². The lowest BCUT2D eigenvalue weighted by atomic mass is 10.2. The number of hydrogen-bond acceptors (Lipinski definition) is 5. The van der Waals surface area contributed by atoms with Gasteiger partial charge in [-0.3, -0.25) is 4.98 Å². The summed E-state index contributed by atoms with van der Waals surface area (Å²) in [5.74, 6) is 0.662. The van der Waals surface area contributed by atoms with E-state index in [1.807, 2.05) is 25.3 Å². The molecule has 5 nitrogen and oxygen atoms in total. The molecule has 0 bridgehead atoms. The molecule has 0 unspecified atom stereocenters. The van der Waals surface area contributed by atoms with E-state index < -0.39 is 0 Å². The SMILES string of the molecule is Cc1ccc(CNCc2ncon2)cn1. The van der Waals surface area contributed by atoms with Crippen LogP contribution in [0.1, 0.15) is 17.1 Å². The summed E-state index contributed by atoms with van der Waals surface area (Å²) >= 11 is 0. The van der Waals surface area contributed by atoms with E-state index in [4.69, 9.17) is 0 Å². The highest BCUT2D eigenvalue weighted by molar-refractivity contribution is 5.12. The third kappa shape index (κ3) is 2.85. The molecule has 2 aromatic heterocycles. The highest BCUT2D eigenvalue weighted by atomic mass is 16.5. The van der Waals surface area contributed by atoms with Gasteiger partial charge >= 0.3 is 0 Å². The van der Waals surface area contributed by atoms with E-state index in [0.29, 0.717) is 12.4 Å². The quantitative estimate of drug-likeness (QED) is 0.806. The van der Waals surface area contributed by atoms with Gasteiger partial charge in [-0.1, -0.05) is 11.2 Å². The third-order valence-electron chi connectivity index (χ3n) is 1.99. The van der Waals surface area contributed by atoms with Crippen LogP contribution in [0.4, 0.5) is 0 Å². The molecule has 0 fully saturated rings. The van der Waals surface area contributed by atoms with Crippen LogP contribution in [0.5, 0.6) is 0 Å². The lowest BCUT2D eigenvalue weighted by Crippen LogP contribution is -2.13. The van der Waals surface area contributed by atoms with Crippen molar-refractivity contribution in [3.05, 3.63) is 41.8 Å². The lowest BCUT2D eigenvalue weighted by Gasteiger charge is -2.01. The number of nitrogens with one attached hydrogen (secondary N) is 1. The largest absolute Gasteiger partial charge is 0.343 e. The Kier molecular flexibility index (Phi) is 3.04. The van der Waals surface area contributed by atoms with Crippen molar-refractivity contribution in [1.82, 2.24) is 20.4 Å². The summed E-state index contributed by atoms with van der Waals surface area (Å²) in [5, 5.41) is 6.90. The molecule has 0 aromatic carbocycles. The first-order valence-corrected chi connectivity index (χ1v) is 4.72. The van der Waals surface area contributed by atoms with E-state index in [9.17, 15) is 0 Å². The molecule has 0 saturated heterocycles. The standard InChI is InChI=1S/C10H12N4O/c1-8-2-3-9(5-12-8)4-11-6-10-13-7-15-14-10/h2-3,5,7,11H,4,6H2,1H3. The predicted octanol–water partition coefficient (Wildman–Crippen LogP) is 1.06. The summed E-state index contributed by atoms with van der Waals surface area (Å²) in [6.45, 7) is 3.32. The molecule has 2 rings (SSSR count). The van der Waals surface area contributed by atoms with Crippen LogP contribution >= 0.6 is 0 Å². The van der Waals surface area contributed by atoms with Gasteiger partial charge in [-0.15, -0.1) is 0 Å². The van der Waals surface area contributed by atoms with Crippen LogP contribution in [0, 0.1) is 6.92 Å². The van der Waals surface area contributed by atoms with Crippen molar-refractivity contribution in [3.63, 3.8) is 0 Å². The predicted molar refractivity (Wildman–Crippen MR) is 53.8 cm³/mol. The molecule has 0 atom stereocenters. The Hall–Kier alpha value is -1.75. The molecule has 0 aliphatic carbocycles. The molecule has 5 heteroatoms. The van der Waals surface area contributed by atoms with E-state index in [2.05, 4.69) is 25.0 Å². The van der Waals surface area contributed by atoms with Crippen LogP contribution in [0.2, 0.25) is 0 Å². The molecule has 15 heavy (non-hydrogen) atoms. The van der Waals surface area contributed by atoms with Gasteiger partial charge < -0.3 is 9.84 Å². The highest BCUT2D eigenvalue weighted by Gasteiger charge is 1.97. The zero-order chi connectivity index (χ0) is 10.5. The third-order valence-corrected chi connectivity index (χ3v) is 1.99. The molecule has 2 aromatic rings. The van der Waals surface area contributed by atoms with Gasteiger partial charge in [0, 0.05) is 18.4 Å². The number of hydrogen-bond donors (Lipinski definition) is 1. The molecule has 1 N–H and O–H groups in total. The Morgan fingerprint density at radius 1 is 1.27 bits per heavy atom. The Labute approximate surface area is 87.5 Å². The Morgan fingerprint density at radius 3 is 2.87 bits per heavy atom. The van der Waals surface area contributed by atoms with Gasteiger partial charge in [-0.25, -0.2) is 0 Å². The van der Waals surface area contributed by atoms with E-state index >= 15 is 0 Å². The number of aryl methyl sites for hydroxylation is 1. The van der Waals surface area contributed by atoms with Gasteiger partial charge in [0.25, 0.3) is 0 Å². The minimum atomic E-state index is 0.602. The number of nitrogens with zero attached hydrogens (tertiary/aromatic N) is 3. The molecular weight excluding hydrogens is 192 g/mol. The van der Waals surface area contributed by atoms with Crippen molar-refractivity contribution in [3.8, 4) is 0 Å². The van der Waals surface area contributed by atoms with Crippen molar-refractivity contribution < 1.29 is 4.52 Å². The lowest BCUT2D eigenvalue weighted by molar-refractivity contribution is 0.407. The summed E-state index contributed by atoms with van der Waals surface area (Å²) in [5.41, 5.74) is 2.17. The van der Waals surface area contributed by atoms with Crippen LogP contribution in [0.3, 0.4) is 0 Å². The topological polar surface area (TPSA) is 63.8 Å². The monoisotopic (exact) mass is 204 g/mol. The molecule has 0 spiro atoms. The molecular formula is C10H12N4O. The van der Waals surface area contributed by atoms with E-state index in [0.717, 1.165) is 17.8 Å². The first-order chi connectivity index (χ1) is 7.34. The Bertz CT molecular complexity index is 396. The van der Waals surface area contributed by atoms with Crippen molar-refractivity contribution in [2.45, 2.75) is 20.0 Å². The second kappa shape index (κ2) is 4.65. The van der Waals surface area contributed by atoms with Crippen LogP contribution in [0.15, 0.2) is 29.2 Å². The maximum absolute atomic E-state index is 4.62. The summed E-state index contributed by atoms with van der Waals surface area (Å²) in [6, 6.07) is 4.04. The highest BCUT2D eigenvalue weighted by Crippen LogP contribution is 1.99. The van der Waals surface area contributed by atoms with E-state index in [1.165, 1.54) is 6.39 Å². The minimum Gasteiger partial charge on any atom is -0.343 e. The Balaban J connectivity index is 1.81. The molecule has 2 heterocycles. The first-order valence-electron chi connectivity index (χ1n) is 4.72. The smallest absolute Gasteiger partial charge is 0.213 e. The fourth-order valence-electron chi connectivity index (χ4n) is 1.19. The van der Waals surface area contributed by atoms with Crippen molar-refractivity contribution in [2.24, 2.45) is 0 Å². The van der Waals surface area contributed by atoms with Crippen LogP contribution in [0.25, 0.3) is 0 Å². The maximum atomic E-state index is 4.62. The fourth-order valence-corrected chi connectivity index (χ4v) is 1.19. The van der Waals surface area contributed by atoms with Gasteiger partial charge in [0.15, 0.2) is 5.82 Å². The first kappa shape index (κ1) is 9.79. The molecule has 0 aliphatic rings. The van der Waals surface area contributed by atoms with Gasteiger partial charge in [-0.05, 0) is 18.6 Å². The average Bonchev–Trinajstić information content (AvgIpc) is 2.74. The maximum Gasteiger partial charge on any atom is 0.213 e. The molecule has 0 saturated carbocycles. The zero-order valence-corrected chi connectivity index (χ0v) is 8.47. The number of pyridine rings is 1. The van der Waals surface area contributed by atoms with Gasteiger partial charge in [0.2, 0.25) is 6.39 Å². The zero-order valence-electron chi connectivity index (χ0n) is 8.47.